The van der Waals surface area contributed by atoms with Crippen molar-refractivity contribution >= 4 is 0 Å². The summed E-state index contributed by atoms with van der Waals surface area (Å²) in [7, 11) is 4.09. The number of aryl methyl sites for hydroxylation is 1. The van der Waals surface area contributed by atoms with Gasteiger partial charge in [-0.05, 0) is 38.1 Å². The van der Waals surface area contributed by atoms with Gasteiger partial charge in [0.25, 0.3) is 0 Å². The molecule has 0 fully saturated rings. The largest absolute Gasteiger partial charge is 0.308 e. The fourth-order valence-corrected chi connectivity index (χ4v) is 2.44. The number of rotatable bonds is 4. The molecule has 2 rings (SSSR count). The average Bonchev–Trinajstić information content (AvgIpc) is 2.69. The van der Waals surface area contributed by atoms with Gasteiger partial charge in [0.15, 0.2) is 0 Å². The summed E-state index contributed by atoms with van der Waals surface area (Å²) in [6, 6.07) is 10.7. The van der Waals surface area contributed by atoms with Gasteiger partial charge in [-0.25, -0.2) is 0 Å². The number of nitrogens with one attached hydrogen (secondary N) is 1. The van der Waals surface area contributed by atoms with E-state index in [1.807, 2.05) is 26.2 Å². The Balaban J connectivity index is 2.15. The van der Waals surface area contributed by atoms with Crippen LogP contribution in [-0.2, 0) is 12.0 Å². The van der Waals surface area contributed by atoms with Gasteiger partial charge in [0.1, 0.15) is 5.54 Å². The fourth-order valence-electron chi connectivity index (χ4n) is 2.44. The van der Waals surface area contributed by atoms with Gasteiger partial charge in [-0.1, -0.05) is 24.3 Å². The summed E-state index contributed by atoms with van der Waals surface area (Å²) in [5.41, 5.74) is 2.01. The zero-order valence-corrected chi connectivity index (χ0v) is 10.5. The highest BCUT2D eigenvalue weighted by molar-refractivity contribution is 5.43. The van der Waals surface area contributed by atoms with E-state index in [2.05, 4.69) is 28.4 Å². The summed E-state index contributed by atoms with van der Waals surface area (Å²) < 4.78 is 0. The molecule has 1 unspecified atom stereocenters. The summed E-state index contributed by atoms with van der Waals surface area (Å²) in [6.45, 7) is 1.79. The van der Waals surface area contributed by atoms with Gasteiger partial charge in [0, 0.05) is 13.1 Å². The number of hydrogen-bond donors (Lipinski definition) is 1. The first-order valence-corrected chi connectivity index (χ1v) is 6.07. The monoisotopic (exact) mass is 229 g/mol. The van der Waals surface area contributed by atoms with Crippen molar-refractivity contribution in [3.63, 3.8) is 0 Å². The van der Waals surface area contributed by atoms with Crippen molar-refractivity contribution < 1.29 is 0 Å². The highest BCUT2D eigenvalue weighted by atomic mass is 15.1. The standard InChI is InChI=1S/C14H19N3/c1-17(2)10-9-16-14(11-15)8-7-12-5-3-4-6-13(12)14/h3-6,16H,7-10H2,1-2H3. The smallest absolute Gasteiger partial charge is 0.132 e. The maximum atomic E-state index is 9.50. The van der Waals surface area contributed by atoms with Crippen molar-refractivity contribution in [1.82, 2.24) is 10.2 Å². The van der Waals surface area contributed by atoms with Gasteiger partial charge in [-0.15, -0.1) is 0 Å². The minimum Gasteiger partial charge on any atom is -0.308 e. The molecule has 1 aliphatic carbocycles. The lowest BCUT2D eigenvalue weighted by Crippen LogP contribution is -2.42. The summed E-state index contributed by atoms with van der Waals surface area (Å²) in [6.07, 6.45) is 1.88. The molecule has 0 heterocycles. The SMILES string of the molecule is CN(C)CCNC1(C#N)CCc2ccccc21. The molecule has 0 bridgehead atoms. The van der Waals surface area contributed by atoms with Crippen LogP contribution in [0.25, 0.3) is 0 Å². The van der Waals surface area contributed by atoms with Crippen molar-refractivity contribution in [3.05, 3.63) is 35.4 Å². The molecule has 1 N–H and O–H groups in total. The minimum absolute atomic E-state index is 0.466. The topological polar surface area (TPSA) is 39.1 Å². The van der Waals surface area contributed by atoms with E-state index in [9.17, 15) is 5.26 Å². The van der Waals surface area contributed by atoms with E-state index in [4.69, 9.17) is 0 Å². The van der Waals surface area contributed by atoms with E-state index in [-0.39, 0.29) is 0 Å². The number of nitrogens with zero attached hydrogens (tertiary/aromatic N) is 2. The van der Waals surface area contributed by atoms with Crippen LogP contribution >= 0.6 is 0 Å². The molecule has 0 amide bonds. The highest BCUT2D eigenvalue weighted by Crippen LogP contribution is 2.36. The molecule has 1 aromatic rings. The van der Waals surface area contributed by atoms with Crippen molar-refractivity contribution in [2.24, 2.45) is 0 Å². The summed E-state index contributed by atoms with van der Waals surface area (Å²) in [5, 5.41) is 12.9. The van der Waals surface area contributed by atoms with Crippen LogP contribution in [0.2, 0.25) is 0 Å². The molecule has 0 aromatic heterocycles. The first-order chi connectivity index (χ1) is 8.18. The molecule has 0 spiro atoms. The van der Waals surface area contributed by atoms with E-state index in [1.54, 1.807) is 0 Å². The zero-order chi connectivity index (χ0) is 12.3. The first kappa shape index (κ1) is 12.1. The molecular weight excluding hydrogens is 210 g/mol. The van der Waals surface area contributed by atoms with Crippen molar-refractivity contribution in [2.45, 2.75) is 18.4 Å². The normalized spacial score (nSPS) is 22.5. The van der Waals surface area contributed by atoms with Crippen LogP contribution in [0, 0.1) is 11.3 Å². The molecule has 1 aliphatic rings. The van der Waals surface area contributed by atoms with E-state index < -0.39 is 5.54 Å². The quantitative estimate of drug-likeness (QED) is 0.850. The lowest BCUT2D eigenvalue weighted by molar-refractivity contribution is 0.354. The summed E-state index contributed by atoms with van der Waals surface area (Å²) in [5.74, 6) is 0. The number of likely N-dealkylation sites (N-methyl/N-ethyl adjacent to an activating group) is 1. The van der Waals surface area contributed by atoms with Crippen LogP contribution in [0.5, 0.6) is 0 Å². The lowest BCUT2D eigenvalue weighted by Gasteiger charge is -2.25. The van der Waals surface area contributed by atoms with E-state index in [0.717, 1.165) is 25.9 Å². The van der Waals surface area contributed by atoms with Crippen LogP contribution in [-0.4, -0.2) is 32.1 Å². The second-order valence-electron chi connectivity index (χ2n) is 4.90. The van der Waals surface area contributed by atoms with Gasteiger partial charge < -0.3 is 4.90 Å². The van der Waals surface area contributed by atoms with Gasteiger partial charge in [0.2, 0.25) is 0 Å². The molecular formula is C14H19N3. The predicted molar refractivity (Wildman–Crippen MR) is 68.6 cm³/mol. The maximum absolute atomic E-state index is 9.50. The van der Waals surface area contributed by atoms with Crippen molar-refractivity contribution in [2.75, 3.05) is 27.2 Å². The van der Waals surface area contributed by atoms with Crippen LogP contribution in [0.3, 0.4) is 0 Å². The van der Waals surface area contributed by atoms with Crippen LogP contribution in [0.1, 0.15) is 17.5 Å². The molecule has 0 radical (unpaired) electrons. The molecule has 0 saturated heterocycles. The molecule has 1 aromatic carbocycles. The minimum atomic E-state index is -0.466. The molecule has 3 heteroatoms. The number of hydrogen-bond acceptors (Lipinski definition) is 3. The lowest BCUT2D eigenvalue weighted by atomic mass is 9.93. The first-order valence-electron chi connectivity index (χ1n) is 6.07. The molecule has 17 heavy (non-hydrogen) atoms. The third-order valence-electron chi connectivity index (χ3n) is 3.42. The summed E-state index contributed by atoms with van der Waals surface area (Å²) >= 11 is 0. The maximum Gasteiger partial charge on any atom is 0.132 e. The summed E-state index contributed by atoms with van der Waals surface area (Å²) in [4.78, 5) is 2.12. The Bertz CT molecular complexity index is 433. The molecule has 0 saturated carbocycles. The Kier molecular flexibility index (Phi) is 3.46. The number of fused-ring (bicyclic) bond motifs is 1. The molecule has 90 valence electrons. The predicted octanol–water partition coefficient (Wildman–Crippen LogP) is 1.50. The van der Waals surface area contributed by atoms with Crippen LogP contribution in [0.15, 0.2) is 24.3 Å². The second kappa shape index (κ2) is 4.87. The third-order valence-corrected chi connectivity index (χ3v) is 3.42. The zero-order valence-electron chi connectivity index (χ0n) is 10.5. The Hall–Kier alpha value is -1.37. The van der Waals surface area contributed by atoms with Crippen LogP contribution < -0.4 is 5.32 Å². The Morgan fingerprint density at radius 2 is 2.18 bits per heavy atom. The molecule has 0 aliphatic heterocycles. The van der Waals surface area contributed by atoms with E-state index in [0.29, 0.717) is 0 Å². The fraction of sp³-hybridized carbons (Fsp3) is 0.500. The van der Waals surface area contributed by atoms with E-state index in [1.165, 1.54) is 11.1 Å². The molecule has 3 nitrogen and oxygen atoms in total. The van der Waals surface area contributed by atoms with Crippen molar-refractivity contribution in [3.8, 4) is 6.07 Å². The van der Waals surface area contributed by atoms with Gasteiger partial charge in [0.05, 0.1) is 6.07 Å². The van der Waals surface area contributed by atoms with Crippen molar-refractivity contribution in [1.29, 1.82) is 5.26 Å². The highest BCUT2D eigenvalue weighted by Gasteiger charge is 2.38. The number of benzene rings is 1. The van der Waals surface area contributed by atoms with E-state index >= 15 is 0 Å². The number of nitriles is 1. The average molecular weight is 229 g/mol. The third kappa shape index (κ3) is 2.33. The Labute approximate surface area is 103 Å². The second-order valence-corrected chi connectivity index (χ2v) is 4.90. The van der Waals surface area contributed by atoms with Gasteiger partial charge >= 0.3 is 0 Å². The Morgan fingerprint density at radius 3 is 2.88 bits per heavy atom. The van der Waals surface area contributed by atoms with Gasteiger partial charge in [-0.2, -0.15) is 5.26 Å². The molecule has 1 atom stereocenters. The van der Waals surface area contributed by atoms with Gasteiger partial charge in [-0.3, -0.25) is 5.32 Å². The van der Waals surface area contributed by atoms with Crippen LogP contribution in [0.4, 0.5) is 0 Å². The Morgan fingerprint density at radius 1 is 1.41 bits per heavy atom.